The largest absolute Gasteiger partial charge is 0.487 e. The first kappa shape index (κ1) is 22.3. The Hall–Kier alpha value is -2.34. The third-order valence-corrected chi connectivity index (χ3v) is 5.03. The molecule has 0 saturated carbocycles. The molecule has 0 atom stereocenters. The van der Waals surface area contributed by atoms with E-state index in [9.17, 15) is 13.6 Å². The highest BCUT2D eigenvalue weighted by molar-refractivity contribution is 6.30. The number of amides is 1. The zero-order valence-corrected chi connectivity index (χ0v) is 18.1. The summed E-state index contributed by atoms with van der Waals surface area (Å²) in [6, 6.07) is 9.04. The van der Waals surface area contributed by atoms with Gasteiger partial charge in [0.1, 0.15) is 17.5 Å². The van der Waals surface area contributed by atoms with E-state index in [2.05, 4.69) is 0 Å². The van der Waals surface area contributed by atoms with Gasteiger partial charge in [0.25, 0.3) is 0 Å². The van der Waals surface area contributed by atoms with Crippen LogP contribution in [-0.2, 0) is 11.2 Å². The monoisotopic (exact) mass is 437 g/mol. The number of ether oxygens (including phenoxy) is 2. The van der Waals surface area contributed by atoms with E-state index in [4.69, 9.17) is 21.1 Å². The minimum absolute atomic E-state index is 0.137. The number of hydrogen-bond donors (Lipinski definition) is 0. The van der Waals surface area contributed by atoms with Gasteiger partial charge in [-0.05, 0) is 56.2 Å². The smallest absolute Gasteiger partial charge is 0.410 e. The van der Waals surface area contributed by atoms with Gasteiger partial charge in [-0.2, -0.15) is 0 Å². The molecule has 4 nitrogen and oxygen atoms in total. The van der Waals surface area contributed by atoms with Gasteiger partial charge in [-0.3, -0.25) is 0 Å². The summed E-state index contributed by atoms with van der Waals surface area (Å²) in [4.78, 5) is 13.8. The molecule has 162 valence electrons. The molecule has 0 radical (unpaired) electrons. The summed E-state index contributed by atoms with van der Waals surface area (Å²) in [5.41, 5.74) is 0.666. The molecule has 0 unspecified atom stereocenters. The third-order valence-electron chi connectivity index (χ3n) is 4.79. The van der Waals surface area contributed by atoms with Crippen molar-refractivity contribution in [3.05, 3.63) is 64.2 Å². The lowest BCUT2D eigenvalue weighted by Gasteiger charge is -2.33. The number of hydrogen-bond acceptors (Lipinski definition) is 3. The van der Waals surface area contributed by atoms with Crippen LogP contribution in [-0.4, -0.2) is 35.8 Å². The van der Waals surface area contributed by atoms with Gasteiger partial charge in [0.15, 0.2) is 11.6 Å². The summed E-state index contributed by atoms with van der Waals surface area (Å²) in [7, 11) is 0. The van der Waals surface area contributed by atoms with E-state index in [0.29, 0.717) is 42.9 Å². The molecule has 2 aromatic carbocycles. The highest BCUT2D eigenvalue weighted by atomic mass is 35.5. The first-order valence-electron chi connectivity index (χ1n) is 9.97. The summed E-state index contributed by atoms with van der Waals surface area (Å²) in [5, 5.41) is 0.331. The van der Waals surface area contributed by atoms with E-state index in [1.54, 1.807) is 29.2 Å². The van der Waals surface area contributed by atoms with Crippen LogP contribution in [0.1, 0.15) is 44.7 Å². The number of carbonyl (C=O) groups excluding carboxylic acids is 1. The van der Waals surface area contributed by atoms with E-state index in [0.717, 1.165) is 5.56 Å². The van der Waals surface area contributed by atoms with Crippen molar-refractivity contribution in [2.75, 3.05) is 13.1 Å². The number of likely N-dealkylation sites (tertiary alicyclic amines) is 1. The average Bonchev–Trinajstić information content (AvgIpc) is 2.66. The molecule has 0 bridgehead atoms. The van der Waals surface area contributed by atoms with Gasteiger partial charge >= 0.3 is 6.09 Å². The number of carbonyl (C=O) groups is 1. The fourth-order valence-corrected chi connectivity index (χ4v) is 3.45. The van der Waals surface area contributed by atoms with Crippen LogP contribution >= 0.6 is 11.6 Å². The fourth-order valence-electron chi connectivity index (χ4n) is 3.30. The summed E-state index contributed by atoms with van der Waals surface area (Å²) < 4.78 is 39.6. The van der Waals surface area contributed by atoms with Crippen LogP contribution in [0.5, 0.6) is 5.75 Å². The maximum Gasteiger partial charge on any atom is 0.410 e. The van der Waals surface area contributed by atoms with Crippen molar-refractivity contribution in [1.29, 1.82) is 0 Å². The van der Waals surface area contributed by atoms with Crippen molar-refractivity contribution in [2.45, 2.75) is 51.7 Å². The standard InChI is InChI=1S/C23H26ClF2NO3/c1-23(2,3)30-22(28)27-10-8-18(9-11-27)29-21-13-15(4-7-19(21)25)12-16-5-6-17(24)14-20(16)26/h4-7,13-14,18H,8-12H2,1-3H3. The van der Waals surface area contributed by atoms with E-state index < -0.39 is 17.2 Å². The van der Waals surface area contributed by atoms with E-state index in [1.165, 1.54) is 12.1 Å². The summed E-state index contributed by atoms with van der Waals surface area (Å²) in [5.74, 6) is -0.730. The Morgan fingerprint density at radius 3 is 2.43 bits per heavy atom. The van der Waals surface area contributed by atoms with Crippen molar-refractivity contribution in [1.82, 2.24) is 4.90 Å². The van der Waals surface area contributed by atoms with Crippen molar-refractivity contribution >= 4 is 17.7 Å². The lowest BCUT2D eigenvalue weighted by Crippen LogP contribution is -2.44. The second-order valence-corrected chi connectivity index (χ2v) is 8.90. The first-order valence-corrected chi connectivity index (χ1v) is 10.4. The van der Waals surface area contributed by atoms with Gasteiger partial charge < -0.3 is 14.4 Å². The quantitative estimate of drug-likeness (QED) is 0.590. The minimum atomic E-state index is -0.544. The van der Waals surface area contributed by atoms with Crippen LogP contribution in [0.4, 0.5) is 13.6 Å². The van der Waals surface area contributed by atoms with Crippen LogP contribution in [0.15, 0.2) is 36.4 Å². The van der Waals surface area contributed by atoms with Gasteiger partial charge in [0.2, 0.25) is 0 Å². The van der Waals surface area contributed by atoms with Gasteiger partial charge in [-0.1, -0.05) is 23.7 Å². The molecule has 1 amide bonds. The first-order chi connectivity index (χ1) is 14.1. The molecule has 30 heavy (non-hydrogen) atoms. The Labute approximate surface area is 180 Å². The SMILES string of the molecule is CC(C)(C)OC(=O)N1CCC(Oc2cc(Cc3ccc(Cl)cc3F)ccc2F)CC1. The van der Waals surface area contributed by atoms with Crippen molar-refractivity contribution < 1.29 is 23.0 Å². The van der Waals surface area contributed by atoms with Gasteiger partial charge in [-0.25, -0.2) is 13.6 Å². The topological polar surface area (TPSA) is 38.8 Å². The zero-order valence-electron chi connectivity index (χ0n) is 17.4. The molecule has 1 saturated heterocycles. The van der Waals surface area contributed by atoms with E-state index >= 15 is 0 Å². The van der Waals surface area contributed by atoms with Crippen LogP contribution < -0.4 is 4.74 Å². The molecule has 1 aliphatic rings. The molecule has 1 heterocycles. The maximum atomic E-state index is 14.3. The molecule has 2 aromatic rings. The second-order valence-electron chi connectivity index (χ2n) is 8.46. The maximum absolute atomic E-state index is 14.3. The highest BCUT2D eigenvalue weighted by Gasteiger charge is 2.28. The molecule has 1 fully saturated rings. The molecule has 0 aromatic heterocycles. The van der Waals surface area contributed by atoms with Crippen molar-refractivity contribution in [3.8, 4) is 5.75 Å². The molecule has 3 rings (SSSR count). The number of nitrogens with zero attached hydrogens (tertiary/aromatic N) is 1. The average molecular weight is 438 g/mol. The zero-order chi connectivity index (χ0) is 21.9. The Morgan fingerprint density at radius 1 is 1.10 bits per heavy atom. The number of benzene rings is 2. The van der Waals surface area contributed by atoms with Crippen molar-refractivity contribution in [2.24, 2.45) is 0 Å². The molecule has 0 spiro atoms. The lowest BCUT2D eigenvalue weighted by molar-refractivity contribution is 0.0123. The van der Waals surface area contributed by atoms with E-state index in [-0.39, 0.29) is 17.9 Å². The number of rotatable bonds is 4. The summed E-state index contributed by atoms with van der Waals surface area (Å²) in [6.45, 7) is 6.44. The molecule has 7 heteroatoms. The minimum Gasteiger partial charge on any atom is -0.487 e. The predicted octanol–water partition coefficient (Wildman–Crippen LogP) is 5.99. The van der Waals surface area contributed by atoms with Crippen LogP contribution in [0.3, 0.4) is 0 Å². The Morgan fingerprint density at radius 2 is 1.80 bits per heavy atom. The van der Waals surface area contributed by atoms with Crippen LogP contribution in [0.2, 0.25) is 5.02 Å². The Bertz CT molecular complexity index is 906. The molecule has 1 aliphatic heterocycles. The fraction of sp³-hybridized carbons (Fsp3) is 0.435. The number of piperidine rings is 1. The Balaban J connectivity index is 1.61. The van der Waals surface area contributed by atoms with Crippen LogP contribution in [0.25, 0.3) is 0 Å². The highest BCUT2D eigenvalue weighted by Crippen LogP contribution is 2.26. The summed E-state index contributed by atoms with van der Waals surface area (Å²) >= 11 is 5.79. The van der Waals surface area contributed by atoms with E-state index in [1.807, 2.05) is 20.8 Å². The van der Waals surface area contributed by atoms with Gasteiger partial charge in [0, 0.05) is 37.4 Å². The molecule has 0 N–H and O–H groups in total. The van der Waals surface area contributed by atoms with Gasteiger partial charge in [-0.15, -0.1) is 0 Å². The molecular weight excluding hydrogens is 412 g/mol. The molecular formula is C23H26ClF2NO3. The van der Waals surface area contributed by atoms with Crippen LogP contribution in [0, 0.1) is 11.6 Å². The lowest BCUT2D eigenvalue weighted by atomic mass is 10.0. The number of halogens is 3. The predicted molar refractivity (Wildman–Crippen MR) is 112 cm³/mol. The second kappa shape index (κ2) is 9.21. The Kier molecular flexibility index (Phi) is 6.86. The summed E-state index contributed by atoms with van der Waals surface area (Å²) in [6.07, 6.45) is 0.903. The third kappa shape index (κ3) is 6.08. The van der Waals surface area contributed by atoms with Gasteiger partial charge in [0.05, 0.1) is 0 Å². The van der Waals surface area contributed by atoms with Crippen molar-refractivity contribution in [3.63, 3.8) is 0 Å². The normalized spacial score (nSPS) is 15.2. The molecule has 0 aliphatic carbocycles.